The van der Waals surface area contributed by atoms with Crippen molar-refractivity contribution in [3.8, 4) is 0 Å². The molecular weight excluding hydrogens is 238 g/mol. The van der Waals surface area contributed by atoms with Crippen molar-refractivity contribution in [2.45, 2.75) is 53.0 Å². The van der Waals surface area contributed by atoms with E-state index in [9.17, 15) is 4.79 Å². The summed E-state index contributed by atoms with van der Waals surface area (Å²) in [6.45, 7) is 10.4. The van der Waals surface area contributed by atoms with Gasteiger partial charge in [-0.1, -0.05) is 27.7 Å². The van der Waals surface area contributed by atoms with Gasteiger partial charge in [-0.2, -0.15) is 0 Å². The number of rotatable bonds is 9. The smallest absolute Gasteiger partial charge is 0.315 e. The predicted octanol–water partition coefficient (Wildman–Crippen LogP) is 2.70. The lowest BCUT2D eigenvalue weighted by Crippen LogP contribution is -2.47. The van der Waals surface area contributed by atoms with Gasteiger partial charge in [-0.05, 0) is 45.2 Å². The Morgan fingerprint density at radius 1 is 1.11 bits per heavy atom. The van der Waals surface area contributed by atoms with Gasteiger partial charge >= 0.3 is 6.03 Å². The molecule has 0 rings (SSSR count). The van der Waals surface area contributed by atoms with Crippen molar-refractivity contribution in [2.24, 2.45) is 11.8 Å². The molecule has 0 heterocycles. The fraction of sp³-hybridized carbons (Fsp3) is 0.933. The molecule has 114 valence electrons. The minimum atomic E-state index is -0.0312. The predicted molar refractivity (Wildman–Crippen MR) is 82.4 cm³/mol. The third kappa shape index (κ3) is 12.0. The minimum absolute atomic E-state index is 0.0312. The van der Waals surface area contributed by atoms with Crippen molar-refractivity contribution >= 4 is 6.03 Å². The maximum absolute atomic E-state index is 11.8. The third-order valence-corrected chi connectivity index (χ3v) is 2.92. The van der Waals surface area contributed by atoms with E-state index in [1.807, 2.05) is 14.1 Å². The summed E-state index contributed by atoms with van der Waals surface area (Å²) in [4.78, 5) is 13.9. The molecule has 0 aliphatic heterocycles. The average molecular weight is 271 g/mol. The molecule has 0 bridgehead atoms. The molecule has 2 N–H and O–H groups in total. The Labute approximate surface area is 119 Å². The highest BCUT2D eigenvalue weighted by Gasteiger charge is 2.14. The highest BCUT2D eigenvalue weighted by atomic mass is 16.2. The van der Waals surface area contributed by atoms with Crippen LogP contribution in [0.5, 0.6) is 0 Å². The first kappa shape index (κ1) is 18.2. The summed E-state index contributed by atoms with van der Waals surface area (Å²) in [7, 11) is 4.07. The number of likely N-dealkylation sites (N-methyl/N-ethyl adjacent to an activating group) is 1. The topological polar surface area (TPSA) is 44.4 Å². The molecule has 19 heavy (non-hydrogen) atoms. The number of hydrogen-bond acceptors (Lipinski definition) is 2. The van der Waals surface area contributed by atoms with Gasteiger partial charge in [-0.3, -0.25) is 0 Å². The van der Waals surface area contributed by atoms with Gasteiger partial charge in [-0.15, -0.1) is 0 Å². The summed E-state index contributed by atoms with van der Waals surface area (Å²) >= 11 is 0. The number of nitrogens with zero attached hydrogens (tertiary/aromatic N) is 1. The van der Waals surface area contributed by atoms with Crippen molar-refractivity contribution < 1.29 is 4.79 Å². The number of nitrogens with one attached hydrogen (secondary N) is 2. The second-order valence-electron chi connectivity index (χ2n) is 6.53. The van der Waals surface area contributed by atoms with E-state index in [2.05, 4.69) is 43.2 Å². The molecule has 0 aromatic carbocycles. The zero-order valence-electron chi connectivity index (χ0n) is 13.6. The molecule has 0 spiro atoms. The normalized spacial score (nSPS) is 13.1. The molecule has 0 aromatic rings. The first-order valence-electron chi connectivity index (χ1n) is 7.50. The monoisotopic (exact) mass is 271 g/mol. The van der Waals surface area contributed by atoms with Crippen LogP contribution in [0.4, 0.5) is 4.79 Å². The zero-order chi connectivity index (χ0) is 14.8. The van der Waals surface area contributed by atoms with E-state index < -0.39 is 0 Å². The molecule has 4 nitrogen and oxygen atoms in total. The molecule has 2 amide bonds. The number of urea groups is 1. The van der Waals surface area contributed by atoms with E-state index in [1.165, 1.54) is 0 Å². The average Bonchev–Trinajstić information content (AvgIpc) is 2.22. The van der Waals surface area contributed by atoms with Crippen LogP contribution in [0.3, 0.4) is 0 Å². The number of carbonyl (C=O) groups excluding carboxylic acids is 1. The Morgan fingerprint density at radius 2 is 1.74 bits per heavy atom. The lowest BCUT2D eigenvalue weighted by atomic mass is 10.0. The molecule has 0 fully saturated rings. The van der Waals surface area contributed by atoms with Gasteiger partial charge in [0.05, 0.1) is 0 Å². The number of amides is 2. The van der Waals surface area contributed by atoms with E-state index in [-0.39, 0.29) is 12.1 Å². The van der Waals surface area contributed by atoms with Crippen LogP contribution in [-0.4, -0.2) is 44.2 Å². The highest BCUT2D eigenvalue weighted by Crippen LogP contribution is 2.05. The van der Waals surface area contributed by atoms with E-state index in [0.717, 1.165) is 32.4 Å². The van der Waals surface area contributed by atoms with Gasteiger partial charge in [-0.25, -0.2) is 4.79 Å². The van der Waals surface area contributed by atoms with Gasteiger partial charge in [0, 0.05) is 19.1 Å². The number of hydrogen-bond donors (Lipinski definition) is 2. The Kier molecular flexibility index (Phi) is 9.66. The quantitative estimate of drug-likeness (QED) is 0.633. The van der Waals surface area contributed by atoms with Crippen LogP contribution < -0.4 is 10.6 Å². The Morgan fingerprint density at radius 3 is 2.21 bits per heavy atom. The lowest BCUT2D eigenvalue weighted by Gasteiger charge is -2.24. The van der Waals surface area contributed by atoms with Crippen molar-refractivity contribution in [1.29, 1.82) is 0 Å². The first-order valence-corrected chi connectivity index (χ1v) is 7.50. The Bertz CT molecular complexity index is 230. The van der Waals surface area contributed by atoms with Gasteiger partial charge in [0.15, 0.2) is 0 Å². The summed E-state index contributed by atoms with van der Waals surface area (Å²) in [5, 5.41) is 6.02. The van der Waals surface area contributed by atoms with Crippen molar-refractivity contribution in [2.75, 3.05) is 27.2 Å². The summed E-state index contributed by atoms with van der Waals surface area (Å²) in [5.41, 5.74) is 0. The van der Waals surface area contributed by atoms with E-state index >= 15 is 0 Å². The van der Waals surface area contributed by atoms with Crippen LogP contribution in [0.15, 0.2) is 0 Å². The van der Waals surface area contributed by atoms with Crippen LogP contribution in [0.2, 0.25) is 0 Å². The second-order valence-corrected chi connectivity index (χ2v) is 6.53. The summed E-state index contributed by atoms with van der Waals surface area (Å²) in [6, 6.07) is 0.191. The highest BCUT2D eigenvalue weighted by molar-refractivity contribution is 5.74. The van der Waals surface area contributed by atoms with E-state index in [1.54, 1.807) is 0 Å². The minimum Gasteiger partial charge on any atom is -0.338 e. The largest absolute Gasteiger partial charge is 0.338 e. The van der Waals surface area contributed by atoms with E-state index in [4.69, 9.17) is 0 Å². The van der Waals surface area contributed by atoms with Crippen molar-refractivity contribution in [3.63, 3.8) is 0 Å². The fourth-order valence-electron chi connectivity index (χ4n) is 2.14. The molecule has 0 aliphatic rings. The van der Waals surface area contributed by atoms with Crippen LogP contribution >= 0.6 is 0 Å². The van der Waals surface area contributed by atoms with Crippen LogP contribution in [0.25, 0.3) is 0 Å². The summed E-state index contributed by atoms with van der Waals surface area (Å²) in [5.74, 6) is 1.29. The van der Waals surface area contributed by atoms with Crippen molar-refractivity contribution in [1.82, 2.24) is 15.5 Å². The number of carbonyl (C=O) groups is 1. The summed E-state index contributed by atoms with van der Waals surface area (Å²) < 4.78 is 0. The van der Waals surface area contributed by atoms with E-state index in [0.29, 0.717) is 11.8 Å². The standard InChI is InChI=1S/C15H33N3O/c1-12(2)8-7-9-16-15(19)17-14(10-13(3)4)11-18(5)6/h12-14H,7-11H2,1-6H3,(H2,16,17,19)/t14-/m1/s1. The second kappa shape index (κ2) is 10.1. The van der Waals surface area contributed by atoms with Gasteiger partial charge in [0.25, 0.3) is 0 Å². The Balaban J connectivity index is 3.94. The maximum Gasteiger partial charge on any atom is 0.315 e. The SMILES string of the molecule is CC(C)CCCNC(=O)N[C@H](CC(C)C)CN(C)C. The molecule has 0 radical (unpaired) electrons. The first-order chi connectivity index (χ1) is 8.81. The Hall–Kier alpha value is -0.770. The van der Waals surface area contributed by atoms with Crippen molar-refractivity contribution in [3.05, 3.63) is 0 Å². The molecule has 0 aliphatic carbocycles. The van der Waals surface area contributed by atoms with Crippen LogP contribution in [0, 0.1) is 11.8 Å². The zero-order valence-corrected chi connectivity index (χ0v) is 13.6. The third-order valence-electron chi connectivity index (χ3n) is 2.92. The molecular formula is C15H33N3O. The van der Waals surface area contributed by atoms with Crippen LogP contribution in [-0.2, 0) is 0 Å². The molecule has 1 atom stereocenters. The maximum atomic E-state index is 11.8. The molecule has 0 saturated heterocycles. The molecule has 0 unspecified atom stereocenters. The molecule has 0 aromatic heterocycles. The summed E-state index contributed by atoms with van der Waals surface area (Å²) in [6.07, 6.45) is 3.22. The van der Waals surface area contributed by atoms with Crippen LogP contribution in [0.1, 0.15) is 47.0 Å². The lowest BCUT2D eigenvalue weighted by molar-refractivity contribution is 0.228. The van der Waals surface area contributed by atoms with Gasteiger partial charge in [0.2, 0.25) is 0 Å². The fourth-order valence-corrected chi connectivity index (χ4v) is 2.14. The van der Waals surface area contributed by atoms with Gasteiger partial charge in [0.1, 0.15) is 0 Å². The molecule has 4 heteroatoms. The molecule has 0 saturated carbocycles. The van der Waals surface area contributed by atoms with Gasteiger partial charge < -0.3 is 15.5 Å².